The van der Waals surface area contributed by atoms with Gasteiger partial charge in [0.05, 0.1) is 17.8 Å². The van der Waals surface area contributed by atoms with Gasteiger partial charge in [-0.25, -0.2) is 4.98 Å². The second-order valence-electron chi connectivity index (χ2n) is 7.41. The molecule has 2 fully saturated rings. The van der Waals surface area contributed by atoms with Crippen LogP contribution >= 0.6 is 0 Å². The van der Waals surface area contributed by atoms with Crippen LogP contribution in [0.15, 0.2) is 18.6 Å². The number of carbonyl (C=O) groups excluding carboxylic acids is 1. The molecule has 4 atom stereocenters. The van der Waals surface area contributed by atoms with Crippen molar-refractivity contribution < 1.29 is 18.0 Å². The SMILES string of the molecule is Cn1cc(Nc2ncc(C(F)(F)F)c(N[C@@H]3[C@@H]4CC[C@@H](C4)[C@@H]3C(N)=O)n2)cn1. The molecule has 2 aliphatic carbocycles. The van der Waals surface area contributed by atoms with E-state index in [2.05, 4.69) is 25.7 Å². The van der Waals surface area contributed by atoms with Crippen LogP contribution < -0.4 is 16.4 Å². The van der Waals surface area contributed by atoms with Crippen LogP contribution in [0.25, 0.3) is 0 Å². The Morgan fingerprint density at radius 3 is 2.68 bits per heavy atom. The molecule has 2 heterocycles. The number of nitrogens with two attached hydrogens (primary N) is 1. The zero-order valence-corrected chi connectivity index (χ0v) is 15.1. The molecule has 0 aromatic carbocycles. The minimum absolute atomic E-state index is 0.00211. The summed E-state index contributed by atoms with van der Waals surface area (Å²) >= 11 is 0. The van der Waals surface area contributed by atoms with Gasteiger partial charge in [0.25, 0.3) is 0 Å². The van der Waals surface area contributed by atoms with Crippen molar-refractivity contribution in [3.8, 4) is 0 Å². The summed E-state index contributed by atoms with van der Waals surface area (Å²) in [6.45, 7) is 0. The molecule has 0 spiro atoms. The van der Waals surface area contributed by atoms with E-state index in [9.17, 15) is 18.0 Å². The van der Waals surface area contributed by atoms with Crippen LogP contribution in [0.5, 0.6) is 0 Å². The number of hydrogen-bond donors (Lipinski definition) is 3. The smallest absolute Gasteiger partial charge is 0.369 e. The van der Waals surface area contributed by atoms with Crippen molar-refractivity contribution in [3.63, 3.8) is 0 Å². The van der Waals surface area contributed by atoms with E-state index in [1.165, 1.54) is 10.9 Å². The molecule has 150 valence electrons. The van der Waals surface area contributed by atoms with E-state index in [4.69, 9.17) is 5.73 Å². The molecule has 0 aliphatic heterocycles. The summed E-state index contributed by atoms with van der Waals surface area (Å²) < 4.78 is 42.0. The van der Waals surface area contributed by atoms with E-state index >= 15 is 0 Å². The second kappa shape index (κ2) is 6.64. The Hall–Kier alpha value is -2.85. The normalized spacial score (nSPS) is 26.4. The lowest BCUT2D eigenvalue weighted by atomic mass is 9.84. The van der Waals surface area contributed by atoms with Crippen LogP contribution in [-0.2, 0) is 18.0 Å². The summed E-state index contributed by atoms with van der Waals surface area (Å²) in [5.74, 6) is -1.11. The number of carbonyl (C=O) groups is 1. The number of alkyl halides is 3. The summed E-state index contributed by atoms with van der Waals surface area (Å²) in [6, 6.07) is -0.460. The number of amides is 1. The molecule has 0 saturated heterocycles. The predicted molar refractivity (Wildman–Crippen MR) is 94.5 cm³/mol. The molecule has 4 rings (SSSR count). The lowest BCUT2D eigenvalue weighted by Crippen LogP contribution is -2.43. The van der Waals surface area contributed by atoms with Crippen molar-refractivity contribution in [1.29, 1.82) is 0 Å². The Balaban J connectivity index is 1.65. The molecule has 2 saturated carbocycles. The number of aryl methyl sites for hydroxylation is 1. The molecule has 1 amide bonds. The highest BCUT2D eigenvalue weighted by molar-refractivity contribution is 5.79. The molecule has 0 unspecified atom stereocenters. The van der Waals surface area contributed by atoms with E-state index in [1.54, 1.807) is 13.2 Å². The first-order chi connectivity index (χ1) is 13.2. The zero-order valence-electron chi connectivity index (χ0n) is 15.1. The van der Waals surface area contributed by atoms with Gasteiger partial charge in [0.15, 0.2) is 0 Å². The third-order valence-corrected chi connectivity index (χ3v) is 5.60. The number of nitrogens with zero attached hydrogens (tertiary/aromatic N) is 4. The molecule has 2 aromatic rings. The molecular weight excluding hydrogens is 375 g/mol. The topological polar surface area (TPSA) is 111 Å². The molecule has 2 bridgehead atoms. The summed E-state index contributed by atoms with van der Waals surface area (Å²) in [6.07, 6.45) is 1.79. The standard InChI is InChI=1S/C17H20F3N7O/c1-27-7-10(5-23-27)24-16-22-6-11(17(18,19)20)15(26-16)25-13-9-3-2-8(4-9)12(13)14(21)28/h5-9,12-13H,2-4H2,1H3,(H2,21,28)(H2,22,24,25,26)/t8-,9+,12-,13+/m0/s1. The van der Waals surface area contributed by atoms with Gasteiger partial charge in [-0.3, -0.25) is 9.48 Å². The van der Waals surface area contributed by atoms with Crippen molar-refractivity contribution in [1.82, 2.24) is 19.7 Å². The van der Waals surface area contributed by atoms with E-state index in [-0.39, 0.29) is 23.6 Å². The second-order valence-corrected chi connectivity index (χ2v) is 7.41. The highest BCUT2D eigenvalue weighted by Crippen LogP contribution is 2.50. The van der Waals surface area contributed by atoms with E-state index < -0.39 is 29.6 Å². The predicted octanol–water partition coefficient (Wildman–Crippen LogP) is 2.28. The van der Waals surface area contributed by atoms with Gasteiger partial charge < -0.3 is 16.4 Å². The van der Waals surface area contributed by atoms with Crippen LogP contribution in [0.2, 0.25) is 0 Å². The Labute approximate surface area is 158 Å². The number of aromatic nitrogens is 4. The molecule has 28 heavy (non-hydrogen) atoms. The number of nitrogens with one attached hydrogen (secondary N) is 2. The van der Waals surface area contributed by atoms with Gasteiger partial charge in [-0.15, -0.1) is 0 Å². The highest BCUT2D eigenvalue weighted by Gasteiger charge is 2.51. The van der Waals surface area contributed by atoms with Crippen molar-refractivity contribution >= 4 is 23.4 Å². The zero-order chi connectivity index (χ0) is 20.1. The molecule has 2 aliphatic rings. The highest BCUT2D eigenvalue weighted by atomic mass is 19.4. The van der Waals surface area contributed by atoms with Crippen molar-refractivity contribution in [2.24, 2.45) is 30.5 Å². The Morgan fingerprint density at radius 2 is 2.04 bits per heavy atom. The van der Waals surface area contributed by atoms with Gasteiger partial charge >= 0.3 is 6.18 Å². The van der Waals surface area contributed by atoms with Gasteiger partial charge in [-0.2, -0.15) is 23.3 Å². The van der Waals surface area contributed by atoms with E-state index in [0.717, 1.165) is 25.5 Å². The lowest BCUT2D eigenvalue weighted by molar-refractivity contribution is -0.137. The first kappa shape index (κ1) is 18.5. The Morgan fingerprint density at radius 1 is 1.29 bits per heavy atom. The summed E-state index contributed by atoms with van der Waals surface area (Å²) in [5, 5.41) is 9.69. The quantitative estimate of drug-likeness (QED) is 0.716. The third-order valence-electron chi connectivity index (χ3n) is 5.60. The number of hydrogen-bond acceptors (Lipinski definition) is 6. The van der Waals surface area contributed by atoms with Crippen LogP contribution in [0.4, 0.5) is 30.6 Å². The van der Waals surface area contributed by atoms with Gasteiger partial charge in [0, 0.05) is 25.5 Å². The number of primary amides is 1. The maximum Gasteiger partial charge on any atom is 0.421 e. The number of fused-ring (bicyclic) bond motifs is 2. The van der Waals surface area contributed by atoms with Crippen LogP contribution in [0, 0.1) is 17.8 Å². The monoisotopic (exact) mass is 395 g/mol. The average molecular weight is 395 g/mol. The minimum Gasteiger partial charge on any atom is -0.369 e. The van der Waals surface area contributed by atoms with Crippen molar-refractivity contribution in [3.05, 3.63) is 24.2 Å². The molecule has 8 nitrogen and oxygen atoms in total. The van der Waals surface area contributed by atoms with Gasteiger partial charge in [0.2, 0.25) is 11.9 Å². The summed E-state index contributed by atoms with van der Waals surface area (Å²) in [7, 11) is 1.71. The largest absolute Gasteiger partial charge is 0.421 e. The minimum atomic E-state index is -4.63. The van der Waals surface area contributed by atoms with Crippen molar-refractivity contribution in [2.75, 3.05) is 10.6 Å². The summed E-state index contributed by atoms with van der Waals surface area (Å²) in [4.78, 5) is 19.7. The summed E-state index contributed by atoms with van der Waals surface area (Å²) in [5.41, 5.74) is 5.10. The molecule has 4 N–H and O–H groups in total. The average Bonchev–Trinajstić information content (AvgIpc) is 3.30. The van der Waals surface area contributed by atoms with Gasteiger partial charge in [0.1, 0.15) is 11.4 Å². The van der Waals surface area contributed by atoms with Crippen LogP contribution in [0.3, 0.4) is 0 Å². The third kappa shape index (κ3) is 3.36. The van der Waals surface area contributed by atoms with E-state index in [0.29, 0.717) is 5.69 Å². The van der Waals surface area contributed by atoms with Gasteiger partial charge in [-0.1, -0.05) is 0 Å². The molecule has 0 radical (unpaired) electrons. The maximum atomic E-state index is 13.5. The fourth-order valence-corrected chi connectivity index (χ4v) is 4.44. The fraction of sp³-hybridized carbons (Fsp3) is 0.529. The molecule has 11 heteroatoms. The van der Waals surface area contributed by atoms with Crippen LogP contribution in [-0.4, -0.2) is 31.7 Å². The maximum absolute atomic E-state index is 13.5. The number of anilines is 3. The van der Waals surface area contributed by atoms with E-state index in [1.807, 2.05) is 0 Å². The van der Waals surface area contributed by atoms with Crippen molar-refractivity contribution in [2.45, 2.75) is 31.5 Å². The first-order valence-corrected chi connectivity index (χ1v) is 8.98. The Kier molecular flexibility index (Phi) is 4.39. The molecular formula is C17H20F3N7O. The lowest BCUT2D eigenvalue weighted by Gasteiger charge is -2.30. The number of halogens is 3. The fourth-order valence-electron chi connectivity index (χ4n) is 4.44. The van der Waals surface area contributed by atoms with Crippen LogP contribution in [0.1, 0.15) is 24.8 Å². The first-order valence-electron chi connectivity index (χ1n) is 8.98. The number of rotatable bonds is 5. The molecule has 2 aromatic heterocycles. The Bertz CT molecular complexity index is 897. The van der Waals surface area contributed by atoms with Gasteiger partial charge in [-0.05, 0) is 31.1 Å².